The summed E-state index contributed by atoms with van der Waals surface area (Å²) in [6.45, 7) is 0. The van der Waals surface area contributed by atoms with E-state index in [0.717, 1.165) is 0 Å². The zero-order valence-electron chi connectivity index (χ0n) is 7.65. The largest absolute Gasteiger partial charge is 0.440 e. The standard InChI is InChI=1S/C8H4Cl2N4O2/c9-4-1-2-6(5(10)3-4)12-13-7-11-8(15)16-14-7/h1-3H,(H,11,14,15). The number of nitrogens with one attached hydrogen (secondary N) is 1. The van der Waals surface area contributed by atoms with Gasteiger partial charge in [0, 0.05) is 5.02 Å². The van der Waals surface area contributed by atoms with Crippen LogP contribution in [-0.2, 0) is 0 Å². The first-order valence-electron chi connectivity index (χ1n) is 4.08. The van der Waals surface area contributed by atoms with Gasteiger partial charge >= 0.3 is 5.76 Å². The van der Waals surface area contributed by atoms with Crippen LogP contribution in [0.4, 0.5) is 11.6 Å². The number of hydrogen-bond acceptors (Lipinski definition) is 5. The monoisotopic (exact) mass is 258 g/mol. The summed E-state index contributed by atoms with van der Waals surface area (Å²) in [6, 6.07) is 4.74. The lowest BCUT2D eigenvalue weighted by Crippen LogP contribution is -1.92. The number of benzene rings is 1. The fourth-order valence-electron chi connectivity index (χ4n) is 0.928. The van der Waals surface area contributed by atoms with Gasteiger partial charge in [-0.25, -0.2) is 4.79 Å². The minimum absolute atomic E-state index is 0.0315. The second-order valence-corrected chi connectivity index (χ2v) is 3.56. The molecule has 8 heteroatoms. The van der Waals surface area contributed by atoms with Crippen LogP contribution in [0.5, 0.6) is 0 Å². The highest BCUT2D eigenvalue weighted by Gasteiger charge is 2.01. The zero-order chi connectivity index (χ0) is 11.5. The Morgan fingerprint density at radius 3 is 2.75 bits per heavy atom. The summed E-state index contributed by atoms with van der Waals surface area (Å²) in [7, 11) is 0. The maximum absolute atomic E-state index is 10.6. The van der Waals surface area contributed by atoms with E-state index in [0.29, 0.717) is 15.7 Å². The van der Waals surface area contributed by atoms with E-state index < -0.39 is 5.76 Å². The lowest BCUT2D eigenvalue weighted by molar-refractivity contribution is 0.387. The van der Waals surface area contributed by atoms with Crippen molar-refractivity contribution in [2.24, 2.45) is 10.2 Å². The van der Waals surface area contributed by atoms with E-state index in [1.54, 1.807) is 12.1 Å². The molecule has 0 saturated heterocycles. The summed E-state index contributed by atoms with van der Waals surface area (Å²) in [5, 5.41) is 11.6. The molecule has 2 aromatic rings. The van der Waals surface area contributed by atoms with Gasteiger partial charge in [0.05, 0.1) is 5.02 Å². The first-order valence-corrected chi connectivity index (χ1v) is 4.83. The third-order valence-corrected chi connectivity index (χ3v) is 2.13. The molecule has 0 amide bonds. The number of azo groups is 1. The zero-order valence-corrected chi connectivity index (χ0v) is 9.16. The van der Waals surface area contributed by atoms with Gasteiger partial charge in [-0.15, -0.1) is 10.2 Å². The Labute approximate surface area is 98.9 Å². The van der Waals surface area contributed by atoms with Crippen molar-refractivity contribution in [2.45, 2.75) is 0 Å². The molecule has 0 spiro atoms. The quantitative estimate of drug-likeness (QED) is 0.841. The van der Waals surface area contributed by atoms with Crippen LogP contribution in [0.3, 0.4) is 0 Å². The van der Waals surface area contributed by atoms with Crippen molar-refractivity contribution in [3.05, 3.63) is 38.8 Å². The van der Waals surface area contributed by atoms with Crippen molar-refractivity contribution in [2.75, 3.05) is 0 Å². The predicted octanol–water partition coefficient (Wildman–Crippen LogP) is 3.09. The van der Waals surface area contributed by atoms with E-state index in [2.05, 4.69) is 24.9 Å². The number of H-pyrrole nitrogens is 1. The first-order chi connectivity index (χ1) is 7.65. The third kappa shape index (κ3) is 2.47. The van der Waals surface area contributed by atoms with E-state index in [-0.39, 0.29) is 5.95 Å². The van der Waals surface area contributed by atoms with Crippen LogP contribution in [-0.4, -0.2) is 10.1 Å². The molecule has 0 bridgehead atoms. The molecular weight excluding hydrogens is 255 g/mol. The first kappa shape index (κ1) is 10.8. The fraction of sp³-hybridized carbons (Fsp3) is 0. The smallest absolute Gasteiger partial charge is 0.294 e. The highest BCUT2D eigenvalue weighted by molar-refractivity contribution is 6.36. The molecule has 0 aliphatic heterocycles. The van der Waals surface area contributed by atoms with E-state index in [4.69, 9.17) is 23.2 Å². The van der Waals surface area contributed by atoms with Crippen molar-refractivity contribution in [1.29, 1.82) is 0 Å². The van der Waals surface area contributed by atoms with Crippen LogP contribution < -0.4 is 5.76 Å². The van der Waals surface area contributed by atoms with Crippen molar-refractivity contribution < 1.29 is 4.52 Å². The summed E-state index contributed by atoms with van der Waals surface area (Å²) in [5.74, 6) is -0.729. The second-order valence-electron chi connectivity index (χ2n) is 2.71. The number of halogens is 2. The Hall–Kier alpha value is -1.66. The molecule has 0 saturated carbocycles. The molecule has 1 aromatic heterocycles. The average molecular weight is 259 g/mol. The number of hydrogen-bond donors (Lipinski definition) is 1. The Morgan fingerprint density at radius 2 is 2.12 bits per heavy atom. The van der Waals surface area contributed by atoms with Crippen molar-refractivity contribution >= 4 is 34.8 Å². The summed E-state index contributed by atoms with van der Waals surface area (Å²) in [4.78, 5) is 12.8. The summed E-state index contributed by atoms with van der Waals surface area (Å²) < 4.78 is 4.23. The molecular formula is C8H4Cl2N4O2. The van der Waals surface area contributed by atoms with Gasteiger partial charge in [-0.1, -0.05) is 23.2 Å². The molecule has 1 heterocycles. The minimum atomic E-state index is -0.698. The van der Waals surface area contributed by atoms with Gasteiger partial charge in [-0.2, -0.15) is 0 Å². The second kappa shape index (κ2) is 4.46. The summed E-state index contributed by atoms with van der Waals surface area (Å²) in [6.07, 6.45) is 0. The fourth-order valence-corrected chi connectivity index (χ4v) is 1.37. The Morgan fingerprint density at radius 1 is 1.31 bits per heavy atom. The van der Waals surface area contributed by atoms with Gasteiger partial charge < -0.3 is 0 Å². The van der Waals surface area contributed by atoms with Crippen LogP contribution >= 0.6 is 23.2 Å². The van der Waals surface area contributed by atoms with Crippen LogP contribution in [0.15, 0.2) is 37.7 Å². The minimum Gasteiger partial charge on any atom is -0.294 e. The highest BCUT2D eigenvalue weighted by Crippen LogP contribution is 2.28. The van der Waals surface area contributed by atoms with Gasteiger partial charge in [0.15, 0.2) is 0 Å². The lowest BCUT2D eigenvalue weighted by atomic mass is 10.3. The predicted molar refractivity (Wildman–Crippen MR) is 57.8 cm³/mol. The Bertz CT molecular complexity index is 590. The average Bonchev–Trinajstić information content (AvgIpc) is 2.63. The van der Waals surface area contributed by atoms with Crippen LogP contribution in [0, 0.1) is 0 Å². The molecule has 2 rings (SSSR count). The van der Waals surface area contributed by atoms with Crippen molar-refractivity contribution in [3.8, 4) is 0 Å². The van der Waals surface area contributed by atoms with E-state index in [1.165, 1.54) is 6.07 Å². The van der Waals surface area contributed by atoms with Crippen LogP contribution in [0.1, 0.15) is 0 Å². The molecule has 1 aromatic carbocycles. The molecule has 0 atom stereocenters. The maximum atomic E-state index is 10.6. The third-order valence-electron chi connectivity index (χ3n) is 1.59. The molecule has 82 valence electrons. The topological polar surface area (TPSA) is 83.6 Å². The molecule has 0 aliphatic carbocycles. The van der Waals surface area contributed by atoms with Gasteiger partial charge in [0.1, 0.15) is 5.69 Å². The van der Waals surface area contributed by atoms with Gasteiger partial charge in [-0.05, 0) is 23.4 Å². The Balaban J connectivity index is 2.27. The highest BCUT2D eigenvalue weighted by atomic mass is 35.5. The molecule has 6 nitrogen and oxygen atoms in total. The number of nitrogens with zero attached hydrogens (tertiary/aromatic N) is 3. The van der Waals surface area contributed by atoms with Crippen molar-refractivity contribution in [1.82, 2.24) is 10.1 Å². The van der Waals surface area contributed by atoms with Gasteiger partial charge in [0.25, 0.3) is 5.95 Å². The number of aromatic nitrogens is 2. The summed E-state index contributed by atoms with van der Waals surface area (Å²) >= 11 is 11.6. The van der Waals surface area contributed by atoms with E-state index in [1.807, 2.05) is 0 Å². The number of aromatic amines is 1. The van der Waals surface area contributed by atoms with Gasteiger partial charge in [0.2, 0.25) is 0 Å². The normalized spacial score (nSPS) is 11.1. The van der Waals surface area contributed by atoms with E-state index >= 15 is 0 Å². The van der Waals surface area contributed by atoms with Crippen molar-refractivity contribution in [3.63, 3.8) is 0 Å². The molecule has 16 heavy (non-hydrogen) atoms. The summed E-state index contributed by atoms with van der Waals surface area (Å²) in [5.41, 5.74) is 0.412. The molecule has 0 fully saturated rings. The van der Waals surface area contributed by atoms with Crippen LogP contribution in [0.2, 0.25) is 10.0 Å². The maximum Gasteiger partial charge on any atom is 0.440 e. The molecule has 0 unspecified atom stereocenters. The lowest BCUT2D eigenvalue weighted by Gasteiger charge is -1.95. The van der Waals surface area contributed by atoms with Crippen LogP contribution in [0.25, 0.3) is 0 Å². The van der Waals surface area contributed by atoms with Gasteiger partial charge in [-0.3, -0.25) is 9.51 Å². The molecule has 0 radical (unpaired) electrons. The van der Waals surface area contributed by atoms with E-state index in [9.17, 15) is 4.79 Å². The SMILES string of the molecule is O=c1[nH]c(N=Nc2ccc(Cl)cc2Cl)no1. The number of rotatable bonds is 2. The Kier molecular flexibility index (Phi) is 3.02. The molecule has 1 N–H and O–H groups in total. The molecule has 0 aliphatic rings.